The van der Waals surface area contributed by atoms with E-state index in [4.69, 9.17) is 20.3 Å². The van der Waals surface area contributed by atoms with Gasteiger partial charge in [-0.05, 0) is 13.8 Å². The Morgan fingerprint density at radius 1 is 1.15 bits per heavy atom. The number of imidazole rings is 1. The fourth-order valence-electron chi connectivity index (χ4n) is 3.16. The SMILES string of the molecule is CC(OP(=O)(O)OP(=O)(O)OP(=O)(O)O)C1OC(n2cnc3c(N)ncnc32)C(C)(O)C1O. The van der Waals surface area contributed by atoms with E-state index in [0.29, 0.717) is 0 Å². The average molecular weight is 535 g/mol. The van der Waals surface area contributed by atoms with E-state index in [1.54, 1.807) is 0 Å². The number of aliphatic hydroxyl groups is 2. The van der Waals surface area contributed by atoms with Crippen LogP contribution in [-0.4, -0.2) is 73.2 Å². The smallest absolute Gasteiger partial charge is 0.387 e. The van der Waals surface area contributed by atoms with E-state index in [1.807, 2.05) is 0 Å². The van der Waals surface area contributed by atoms with E-state index in [9.17, 15) is 33.7 Å². The number of aliphatic hydroxyl groups excluding tert-OH is 1. The summed E-state index contributed by atoms with van der Waals surface area (Å²) in [5.74, 6) is 0.0366. The van der Waals surface area contributed by atoms with Gasteiger partial charge in [-0.1, -0.05) is 0 Å². The number of ether oxygens (including phenoxy) is 1. The first-order valence-corrected chi connectivity index (χ1v) is 13.3. The number of nitrogen functional groups attached to an aromatic ring is 1. The van der Waals surface area contributed by atoms with Crippen molar-refractivity contribution in [3.63, 3.8) is 0 Å². The molecule has 0 aromatic carbocycles. The number of anilines is 1. The third-order valence-corrected chi connectivity index (χ3v) is 8.44. The molecule has 1 aliphatic heterocycles. The minimum Gasteiger partial charge on any atom is -0.387 e. The highest BCUT2D eigenvalue weighted by atomic mass is 31.3. The fourth-order valence-corrected chi connectivity index (χ4v) is 6.37. The molecule has 186 valence electrons. The first-order chi connectivity index (χ1) is 14.9. The number of rotatable bonds is 8. The van der Waals surface area contributed by atoms with Crippen LogP contribution >= 0.6 is 23.5 Å². The topological polar surface area (TPSA) is 279 Å². The van der Waals surface area contributed by atoms with E-state index in [1.165, 1.54) is 17.8 Å². The van der Waals surface area contributed by atoms with Gasteiger partial charge in [-0.25, -0.2) is 28.6 Å². The summed E-state index contributed by atoms with van der Waals surface area (Å²) in [4.78, 5) is 47.9. The molecule has 33 heavy (non-hydrogen) atoms. The summed E-state index contributed by atoms with van der Waals surface area (Å²) in [7, 11) is -16.8. The van der Waals surface area contributed by atoms with Gasteiger partial charge in [0.25, 0.3) is 0 Å². The van der Waals surface area contributed by atoms with Crippen LogP contribution in [0.5, 0.6) is 0 Å². The monoisotopic (exact) mass is 535 g/mol. The molecule has 21 heteroatoms. The van der Waals surface area contributed by atoms with Crippen molar-refractivity contribution in [1.29, 1.82) is 0 Å². The molecule has 7 unspecified atom stereocenters. The van der Waals surface area contributed by atoms with E-state index >= 15 is 0 Å². The highest BCUT2D eigenvalue weighted by Crippen LogP contribution is 2.66. The van der Waals surface area contributed by atoms with Gasteiger partial charge in [-0.3, -0.25) is 9.09 Å². The number of nitrogens with two attached hydrogens (primary N) is 1. The molecule has 1 saturated heterocycles. The quantitative estimate of drug-likeness (QED) is 0.203. The summed E-state index contributed by atoms with van der Waals surface area (Å²) >= 11 is 0. The summed E-state index contributed by atoms with van der Waals surface area (Å²) in [5, 5.41) is 21.4. The zero-order chi connectivity index (χ0) is 25.0. The van der Waals surface area contributed by atoms with Gasteiger partial charge in [-0.2, -0.15) is 8.62 Å². The minimum atomic E-state index is -5.74. The lowest BCUT2D eigenvalue weighted by Crippen LogP contribution is -2.46. The predicted molar refractivity (Wildman–Crippen MR) is 105 cm³/mol. The molecule has 0 radical (unpaired) electrons. The number of phosphoric acid groups is 3. The Labute approximate surface area is 184 Å². The van der Waals surface area contributed by atoms with Gasteiger partial charge in [0, 0.05) is 0 Å². The molecule has 1 fully saturated rings. The second-order valence-corrected chi connectivity index (χ2v) is 11.5. The van der Waals surface area contributed by atoms with Crippen LogP contribution in [0.25, 0.3) is 11.2 Å². The van der Waals surface area contributed by atoms with Crippen molar-refractivity contribution >= 4 is 40.4 Å². The standard InChI is InChI=1S/C12H20N5O13P3/c1-5(28-32(23,24)30-33(25,26)29-31(20,21)22)7-8(18)12(2,19)11(27-7)17-4-16-6-9(13)14-3-15-10(6)17/h3-5,7-8,11,18-19H,1-2H3,(H,23,24)(H,25,26)(H2,13,14,15)(H2,20,21,22). The van der Waals surface area contributed by atoms with Crippen molar-refractivity contribution in [2.45, 2.75) is 44.0 Å². The lowest BCUT2D eigenvalue weighted by molar-refractivity contribution is -0.0981. The van der Waals surface area contributed by atoms with Gasteiger partial charge >= 0.3 is 23.5 Å². The summed E-state index contributed by atoms with van der Waals surface area (Å²) in [6.45, 7) is 2.28. The summed E-state index contributed by atoms with van der Waals surface area (Å²) in [5.41, 5.74) is 4.00. The molecule has 18 nitrogen and oxygen atoms in total. The maximum atomic E-state index is 12.1. The van der Waals surface area contributed by atoms with Crippen LogP contribution in [0.15, 0.2) is 12.7 Å². The molecule has 1 aliphatic rings. The number of hydrogen-bond acceptors (Lipinski definition) is 13. The zero-order valence-electron chi connectivity index (χ0n) is 16.7. The first-order valence-electron chi connectivity index (χ1n) is 8.74. The fraction of sp³-hybridized carbons (Fsp3) is 0.583. The van der Waals surface area contributed by atoms with Crippen LogP contribution in [0.1, 0.15) is 20.1 Å². The van der Waals surface area contributed by atoms with E-state index < -0.39 is 53.6 Å². The molecule has 0 amide bonds. The van der Waals surface area contributed by atoms with E-state index in [0.717, 1.165) is 13.3 Å². The highest BCUT2D eigenvalue weighted by Gasteiger charge is 2.56. The second-order valence-electron chi connectivity index (χ2n) is 7.11. The van der Waals surface area contributed by atoms with Crippen LogP contribution in [0.2, 0.25) is 0 Å². The molecule has 0 spiro atoms. The lowest BCUT2D eigenvalue weighted by Gasteiger charge is -2.28. The largest absolute Gasteiger partial charge is 0.490 e. The Hall–Kier alpha value is -1.36. The van der Waals surface area contributed by atoms with Crippen molar-refractivity contribution in [3.8, 4) is 0 Å². The van der Waals surface area contributed by atoms with E-state index in [2.05, 4.69) is 28.1 Å². The van der Waals surface area contributed by atoms with Crippen LogP contribution in [0, 0.1) is 0 Å². The number of phosphoric ester groups is 1. The number of fused-ring (bicyclic) bond motifs is 1. The third kappa shape index (κ3) is 5.66. The van der Waals surface area contributed by atoms with Crippen molar-refractivity contribution in [3.05, 3.63) is 12.7 Å². The Balaban J connectivity index is 1.81. The third-order valence-electron chi connectivity index (χ3n) is 4.51. The Bertz CT molecular complexity index is 1180. The van der Waals surface area contributed by atoms with Gasteiger partial charge in [0.05, 0.1) is 12.4 Å². The molecule has 2 aromatic rings. The summed E-state index contributed by atoms with van der Waals surface area (Å²) in [6, 6.07) is 0. The van der Waals surface area contributed by atoms with Gasteiger partial charge < -0.3 is 40.3 Å². The highest BCUT2D eigenvalue weighted by molar-refractivity contribution is 7.66. The molecule has 2 aromatic heterocycles. The maximum absolute atomic E-state index is 12.1. The first kappa shape index (κ1) is 26.2. The summed E-state index contributed by atoms with van der Waals surface area (Å²) < 4.78 is 53.1. The maximum Gasteiger partial charge on any atom is 0.490 e. The Morgan fingerprint density at radius 3 is 2.39 bits per heavy atom. The van der Waals surface area contributed by atoms with E-state index in [-0.39, 0.29) is 17.0 Å². The zero-order valence-corrected chi connectivity index (χ0v) is 19.4. The average Bonchev–Trinajstić information content (AvgIpc) is 3.11. The van der Waals surface area contributed by atoms with Gasteiger partial charge in [0.1, 0.15) is 29.7 Å². The predicted octanol–water partition coefficient (Wildman–Crippen LogP) is -0.850. The number of aromatic nitrogens is 4. The lowest BCUT2D eigenvalue weighted by atomic mass is 9.94. The van der Waals surface area contributed by atoms with Crippen molar-refractivity contribution < 1.29 is 61.4 Å². The van der Waals surface area contributed by atoms with Crippen molar-refractivity contribution in [2.75, 3.05) is 5.73 Å². The van der Waals surface area contributed by atoms with Gasteiger partial charge in [0.2, 0.25) is 0 Å². The normalized spacial score (nSPS) is 30.7. The van der Waals surface area contributed by atoms with Crippen LogP contribution < -0.4 is 5.73 Å². The molecular formula is C12H20N5O13P3. The van der Waals surface area contributed by atoms with Crippen LogP contribution in [-0.2, 0) is 31.6 Å². The number of hydrogen-bond donors (Lipinski definition) is 7. The minimum absolute atomic E-state index is 0.0366. The molecule has 0 bridgehead atoms. The molecule has 7 atom stereocenters. The molecular weight excluding hydrogens is 515 g/mol. The second kappa shape index (κ2) is 8.70. The molecule has 0 aliphatic carbocycles. The van der Waals surface area contributed by atoms with Crippen molar-refractivity contribution in [1.82, 2.24) is 19.5 Å². The van der Waals surface area contributed by atoms with Gasteiger partial charge in [0.15, 0.2) is 17.7 Å². The number of nitrogens with zero attached hydrogens (tertiary/aromatic N) is 4. The summed E-state index contributed by atoms with van der Waals surface area (Å²) in [6.07, 6.45) is -3.88. The van der Waals surface area contributed by atoms with Gasteiger partial charge in [-0.15, -0.1) is 0 Å². The molecule has 3 heterocycles. The Morgan fingerprint density at radius 2 is 1.79 bits per heavy atom. The molecule has 3 rings (SSSR count). The van der Waals surface area contributed by atoms with Crippen LogP contribution in [0.4, 0.5) is 5.82 Å². The van der Waals surface area contributed by atoms with Crippen LogP contribution in [0.3, 0.4) is 0 Å². The Kier molecular flexibility index (Phi) is 6.92. The molecule has 0 saturated carbocycles. The van der Waals surface area contributed by atoms with Crippen molar-refractivity contribution in [2.24, 2.45) is 0 Å². The molecule has 8 N–H and O–H groups in total.